The predicted octanol–water partition coefficient (Wildman–Crippen LogP) is 3.98. The molecule has 0 saturated heterocycles. The zero-order chi connectivity index (χ0) is 13.3. The van der Waals surface area contributed by atoms with Crippen molar-refractivity contribution >= 4 is 40.1 Å². The number of fused-ring (bicyclic) bond motifs is 1. The highest BCUT2D eigenvalue weighted by atomic mass is 35.5. The van der Waals surface area contributed by atoms with Crippen LogP contribution in [-0.2, 0) is 0 Å². The van der Waals surface area contributed by atoms with E-state index < -0.39 is 0 Å². The molecule has 1 heterocycles. The van der Waals surface area contributed by atoms with Crippen LogP contribution in [0.1, 0.15) is 19.3 Å². The number of rotatable bonds is 4. The van der Waals surface area contributed by atoms with Gasteiger partial charge in [-0.2, -0.15) is 11.8 Å². The number of para-hydroxylation sites is 1. The van der Waals surface area contributed by atoms with E-state index >= 15 is 0 Å². The molecular formula is C14H16ClN3S. The van der Waals surface area contributed by atoms with Gasteiger partial charge in [0.25, 0.3) is 0 Å². The van der Waals surface area contributed by atoms with Gasteiger partial charge >= 0.3 is 0 Å². The molecule has 1 aliphatic rings. The Kier molecular flexibility index (Phi) is 3.54. The van der Waals surface area contributed by atoms with Gasteiger partial charge in [-0.15, -0.1) is 0 Å². The zero-order valence-electron chi connectivity index (χ0n) is 10.8. The van der Waals surface area contributed by atoms with E-state index in [2.05, 4.69) is 21.5 Å². The van der Waals surface area contributed by atoms with Crippen molar-refractivity contribution in [3.05, 3.63) is 29.5 Å². The highest BCUT2D eigenvalue weighted by Crippen LogP contribution is 2.42. The van der Waals surface area contributed by atoms with Crippen LogP contribution < -0.4 is 5.32 Å². The topological polar surface area (TPSA) is 37.8 Å². The minimum atomic E-state index is 0.299. The molecule has 0 unspecified atom stereocenters. The van der Waals surface area contributed by atoms with Crippen molar-refractivity contribution < 1.29 is 0 Å². The Labute approximate surface area is 122 Å². The Morgan fingerprint density at radius 1 is 1.32 bits per heavy atom. The van der Waals surface area contributed by atoms with E-state index in [1.54, 1.807) is 0 Å². The molecule has 1 fully saturated rings. The summed E-state index contributed by atoms with van der Waals surface area (Å²) in [7, 11) is 0. The summed E-state index contributed by atoms with van der Waals surface area (Å²) < 4.78 is 0.374. The molecule has 3 nitrogen and oxygen atoms in total. The van der Waals surface area contributed by atoms with Crippen LogP contribution in [0.3, 0.4) is 0 Å². The average molecular weight is 294 g/mol. The summed E-state index contributed by atoms with van der Waals surface area (Å²) in [5.74, 6) is 0.843. The first kappa shape index (κ1) is 13.0. The van der Waals surface area contributed by atoms with Gasteiger partial charge in [-0.1, -0.05) is 18.6 Å². The van der Waals surface area contributed by atoms with Crippen molar-refractivity contribution in [1.82, 2.24) is 9.97 Å². The fraction of sp³-hybridized carbons (Fsp3) is 0.429. The summed E-state index contributed by atoms with van der Waals surface area (Å²) in [4.78, 5) is 8.58. The van der Waals surface area contributed by atoms with E-state index in [1.807, 2.05) is 36.0 Å². The maximum Gasteiger partial charge on any atom is 0.224 e. The van der Waals surface area contributed by atoms with Crippen LogP contribution in [0.5, 0.6) is 0 Å². The molecule has 1 aromatic carbocycles. The Hall–Kier alpha value is -1.00. The van der Waals surface area contributed by atoms with Gasteiger partial charge in [0.2, 0.25) is 5.28 Å². The normalized spacial score (nSPS) is 17.2. The number of nitrogens with one attached hydrogen (secondary N) is 1. The van der Waals surface area contributed by atoms with Crippen molar-refractivity contribution in [2.45, 2.75) is 24.0 Å². The van der Waals surface area contributed by atoms with Crippen molar-refractivity contribution in [1.29, 1.82) is 0 Å². The van der Waals surface area contributed by atoms with E-state index in [9.17, 15) is 0 Å². The van der Waals surface area contributed by atoms with Gasteiger partial charge in [-0.25, -0.2) is 9.97 Å². The van der Waals surface area contributed by atoms with Gasteiger partial charge < -0.3 is 5.32 Å². The van der Waals surface area contributed by atoms with E-state index in [0.29, 0.717) is 10.0 Å². The quantitative estimate of drug-likeness (QED) is 0.865. The number of thioether (sulfide) groups is 1. The van der Waals surface area contributed by atoms with Crippen molar-refractivity contribution in [2.24, 2.45) is 0 Å². The molecule has 0 bridgehead atoms. The van der Waals surface area contributed by atoms with Gasteiger partial charge in [0.05, 0.1) is 5.52 Å². The molecule has 3 rings (SSSR count). The van der Waals surface area contributed by atoms with Gasteiger partial charge in [-0.3, -0.25) is 0 Å². The predicted molar refractivity (Wildman–Crippen MR) is 83.1 cm³/mol. The molecule has 0 spiro atoms. The number of halogens is 1. The lowest BCUT2D eigenvalue weighted by Gasteiger charge is -2.40. The molecule has 5 heteroatoms. The third kappa shape index (κ3) is 2.51. The number of hydrogen-bond donors (Lipinski definition) is 1. The number of anilines is 1. The van der Waals surface area contributed by atoms with Crippen LogP contribution in [0, 0.1) is 0 Å². The smallest absolute Gasteiger partial charge is 0.224 e. The van der Waals surface area contributed by atoms with Crippen LogP contribution in [-0.4, -0.2) is 27.5 Å². The van der Waals surface area contributed by atoms with Crippen molar-refractivity contribution in [2.75, 3.05) is 18.1 Å². The Morgan fingerprint density at radius 3 is 2.79 bits per heavy atom. The fourth-order valence-corrected chi connectivity index (χ4v) is 3.54. The SMILES string of the molecule is CSC1(CNc2nc(Cl)nc3ccccc23)CCC1. The highest BCUT2D eigenvalue weighted by molar-refractivity contribution is 8.00. The number of aromatic nitrogens is 2. The lowest BCUT2D eigenvalue weighted by molar-refractivity contribution is 0.379. The van der Waals surface area contributed by atoms with Gasteiger partial charge in [0, 0.05) is 16.7 Å². The van der Waals surface area contributed by atoms with E-state index in [1.165, 1.54) is 19.3 Å². The van der Waals surface area contributed by atoms with E-state index in [4.69, 9.17) is 11.6 Å². The second-order valence-corrected chi connectivity index (χ2v) is 6.56. The fourth-order valence-electron chi connectivity index (χ4n) is 2.45. The average Bonchev–Trinajstić information content (AvgIpc) is 2.37. The summed E-state index contributed by atoms with van der Waals surface area (Å²) in [6.07, 6.45) is 6.07. The third-order valence-corrected chi connectivity index (χ3v) is 5.44. The van der Waals surface area contributed by atoms with E-state index in [-0.39, 0.29) is 0 Å². The lowest BCUT2D eigenvalue weighted by atomic mass is 9.84. The van der Waals surface area contributed by atoms with Gasteiger partial charge in [-0.05, 0) is 42.8 Å². The third-order valence-electron chi connectivity index (χ3n) is 3.85. The standard InChI is InChI=1S/C14H16ClN3S/c1-19-14(7-4-8-14)9-16-12-10-5-2-3-6-11(10)17-13(15)18-12/h2-3,5-6H,4,7-9H2,1H3,(H,16,17,18). The van der Waals surface area contributed by atoms with Crippen LogP contribution in [0.15, 0.2) is 24.3 Å². The number of nitrogens with zero attached hydrogens (tertiary/aromatic N) is 2. The molecule has 0 radical (unpaired) electrons. The summed E-state index contributed by atoms with van der Waals surface area (Å²) >= 11 is 7.94. The minimum Gasteiger partial charge on any atom is -0.368 e. The monoisotopic (exact) mass is 293 g/mol. The molecule has 0 atom stereocenters. The summed E-state index contributed by atoms with van der Waals surface area (Å²) in [5, 5.41) is 4.79. The zero-order valence-corrected chi connectivity index (χ0v) is 12.4. The second-order valence-electron chi connectivity index (χ2n) is 4.95. The minimum absolute atomic E-state index is 0.299. The van der Waals surface area contributed by atoms with Crippen LogP contribution in [0.25, 0.3) is 10.9 Å². The maximum absolute atomic E-state index is 5.99. The largest absolute Gasteiger partial charge is 0.368 e. The van der Waals surface area contributed by atoms with E-state index in [0.717, 1.165) is 23.3 Å². The Morgan fingerprint density at radius 2 is 2.11 bits per heavy atom. The molecule has 19 heavy (non-hydrogen) atoms. The molecule has 1 N–H and O–H groups in total. The van der Waals surface area contributed by atoms with Crippen molar-refractivity contribution in [3.63, 3.8) is 0 Å². The van der Waals surface area contributed by atoms with Gasteiger partial charge in [0.15, 0.2) is 0 Å². The molecule has 1 aliphatic carbocycles. The molecule has 1 saturated carbocycles. The van der Waals surface area contributed by atoms with Crippen molar-refractivity contribution in [3.8, 4) is 0 Å². The molecule has 0 aliphatic heterocycles. The molecule has 0 amide bonds. The summed E-state index contributed by atoms with van der Waals surface area (Å²) in [6.45, 7) is 0.936. The molecular weight excluding hydrogens is 278 g/mol. The molecule has 2 aromatic rings. The number of hydrogen-bond acceptors (Lipinski definition) is 4. The van der Waals surface area contributed by atoms with Gasteiger partial charge in [0.1, 0.15) is 5.82 Å². The lowest BCUT2D eigenvalue weighted by Crippen LogP contribution is -2.40. The highest BCUT2D eigenvalue weighted by Gasteiger charge is 2.35. The van der Waals surface area contributed by atoms with Crippen LogP contribution in [0.2, 0.25) is 5.28 Å². The maximum atomic E-state index is 5.99. The molecule has 100 valence electrons. The summed E-state index contributed by atoms with van der Waals surface area (Å²) in [6, 6.07) is 7.95. The summed E-state index contributed by atoms with van der Waals surface area (Å²) in [5.41, 5.74) is 0.886. The first-order chi connectivity index (χ1) is 9.22. The first-order valence-electron chi connectivity index (χ1n) is 6.44. The second kappa shape index (κ2) is 5.17. The number of benzene rings is 1. The Bertz CT molecular complexity index is 593. The molecule has 1 aromatic heterocycles. The first-order valence-corrected chi connectivity index (χ1v) is 8.04. The Balaban J connectivity index is 1.88. The van der Waals surface area contributed by atoms with Crippen LogP contribution >= 0.6 is 23.4 Å². The van der Waals surface area contributed by atoms with Crippen LogP contribution in [0.4, 0.5) is 5.82 Å².